The molecule has 0 fully saturated rings. The van der Waals surface area contributed by atoms with Crippen LogP contribution < -0.4 is 26.1 Å². The summed E-state index contributed by atoms with van der Waals surface area (Å²) in [7, 11) is 0. The third kappa shape index (κ3) is 3.87. The van der Waals surface area contributed by atoms with Crippen molar-refractivity contribution < 1.29 is 28.9 Å². The van der Waals surface area contributed by atoms with Crippen molar-refractivity contribution in [2.75, 3.05) is 19.9 Å². The maximum atomic E-state index is 13.7. The molecule has 39 heavy (non-hydrogen) atoms. The average Bonchev–Trinajstić information content (AvgIpc) is 3.53. The molecule has 1 atom stereocenters. The lowest BCUT2D eigenvalue weighted by Gasteiger charge is -2.31. The molecule has 1 aromatic carbocycles. The van der Waals surface area contributed by atoms with Gasteiger partial charge in [-0.3, -0.25) is 9.59 Å². The van der Waals surface area contributed by atoms with Crippen LogP contribution in [0, 0.1) is 5.41 Å². The Bertz CT molecular complexity index is 1630. The number of nitrogens with zero attached hydrogens (tertiary/aromatic N) is 2. The molecule has 0 unspecified atom stereocenters. The number of esters is 1. The highest BCUT2D eigenvalue weighted by Crippen LogP contribution is 2.44. The van der Waals surface area contributed by atoms with Gasteiger partial charge >= 0.3 is 5.97 Å². The molecular formula is C28H30N4O7. The Labute approximate surface area is 223 Å². The monoisotopic (exact) mass is 534 g/mol. The highest BCUT2D eigenvalue weighted by atomic mass is 16.7. The maximum absolute atomic E-state index is 13.7. The second-order valence-electron chi connectivity index (χ2n) is 11.1. The lowest BCUT2D eigenvalue weighted by molar-refractivity contribution is -0.172. The van der Waals surface area contributed by atoms with Gasteiger partial charge in [-0.1, -0.05) is 20.8 Å². The molecule has 0 spiro atoms. The fourth-order valence-corrected chi connectivity index (χ4v) is 5.70. The lowest BCUT2D eigenvalue weighted by Crippen LogP contribution is -2.44. The molecule has 3 aromatic rings. The van der Waals surface area contributed by atoms with Crippen LogP contribution in [-0.2, 0) is 39.5 Å². The third-order valence-electron chi connectivity index (χ3n) is 7.90. The summed E-state index contributed by atoms with van der Waals surface area (Å²) >= 11 is 0. The van der Waals surface area contributed by atoms with E-state index in [1.807, 2.05) is 26.0 Å². The predicted molar refractivity (Wildman–Crippen MR) is 140 cm³/mol. The molecule has 0 bridgehead atoms. The van der Waals surface area contributed by atoms with Crippen LogP contribution in [-0.4, -0.2) is 46.4 Å². The number of benzene rings is 1. The molecule has 3 aliphatic rings. The summed E-state index contributed by atoms with van der Waals surface area (Å²) in [5.74, 6) is 0.202. The van der Waals surface area contributed by atoms with E-state index in [2.05, 4.69) is 5.32 Å². The number of hydrogen-bond donors (Lipinski definition) is 3. The van der Waals surface area contributed by atoms with Crippen molar-refractivity contribution in [3.05, 3.63) is 50.8 Å². The van der Waals surface area contributed by atoms with Gasteiger partial charge in [-0.05, 0) is 36.0 Å². The summed E-state index contributed by atoms with van der Waals surface area (Å²) in [6.07, 6.45) is 0.624. The highest BCUT2D eigenvalue weighted by Gasteiger charge is 2.45. The van der Waals surface area contributed by atoms with Crippen molar-refractivity contribution in [1.29, 1.82) is 0 Å². The van der Waals surface area contributed by atoms with Gasteiger partial charge in [-0.15, -0.1) is 0 Å². The second kappa shape index (κ2) is 8.78. The lowest BCUT2D eigenvalue weighted by atomic mass is 9.82. The first-order valence-electron chi connectivity index (χ1n) is 13.0. The molecular weight excluding hydrogens is 504 g/mol. The molecule has 1 amide bonds. The van der Waals surface area contributed by atoms with E-state index < -0.39 is 11.6 Å². The minimum atomic E-state index is -1.90. The van der Waals surface area contributed by atoms with Crippen molar-refractivity contribution in [1.82, 2.24) is 14.9 Å². The van der Waals surface area contributed by atoms with Gasteiger partial charge in [0.25, 0.3) is 5.56 Å². The van der Waals surface area contributed by atoms with Gasteiger partial charge < -0.3 is 34.9 Å². The van der Waals surface area contributed by atoms with Crippen molar-refractivity contribution in [3.63, 3.8) is 0 Å². The van der Waals surface area contributed by atoms with Crippen LogP contribution in [0.2, 0.25) is 0 Å². The van der Waals surface area contributed by atoms with E-state index in [-0.39, 0.29) is 60.9 Å². The van der Waals surface area contributed by atoms with Crippen LogP contribution in [0.15, 0.2) is 23.0 Å². The van der Waals surface area contributed by atoms with E-state index in [0.29, 0.717) is 41.4 Å². The van der Waals surface area contributed by atoms with Gasteiger partial charge in [-0.2, -0.15) is 0 Å². The Morgan fingerprint density at radius 1 is 1.18 bits per heavy atom. The minimum Gasteiger partial charge on any atom is -0.458 e. The summed E-state index contributed by atoms with van der Waals surface area (Å²) < 4.78 is 18.1. The van der Waals surface area contributed by atoms with Crippen molar-refractivity contribution in [3.8, 4) is 22.9 Å². The number of nitrogens with one attached hydrogen (secondary N) is 1. The molecule has 204 valence electrons. The molecule has 11 heteroatoms. The maximum Gasteiger partial charge on any atom is 0.343 e. The summed E-state index contributed by atoms with van der Waals surface area (Å²) in [4.78, 5) is 43.1. The van der Waals surface area contributed by atoms with E-state index >= 15 is 0 Å². The zero-order valence-electron chi connectivity index (χ0n) is 22.1. The Balaban J connectivity index is 1.55. The number of pyridine rings is 2. The van der Waals surface area contributed by atoms with Crippen LogP contribution in [0.1, 0.15) is 49.4 Å². The molecule has 11 nitrogen and oxygen atoms in total. The van der Waals surface area contributed by atoms with Crippen molar-refractivity contribution >= 4 is 22.8 Å². The third-order valence-corrected chi connectivity index (χ3v) is 7.90. The molecule has 4 N–H and O–H groups in total. The summed E-state index contributed by atoms with van der Waals surface area (Å²) in [6, 6.07) is 5.44. The smallest absolute Gasteiger partial charge is 0.343 e. The molecule has 0 radical (unpaired) electrons. The van der Waals surface area contributed by atoms with Gasteiger partial charge in [0.1, 0.15) is 6.61 Å². The number of amides is 1. The molecule has 0 aliphatic carbocycles. The number of cyclic esters (lactones) is 1. The first-order chi connectivity index (χ1) is 18.6. The number of rotatable bonds is 6. The molecule has 2 aromatic heterocycles. The number of fused-ring (bicyclic) bond motifs is 6. The fraction of sp³-hybridized carbons (Fsp3) is 0.429. The molecule has 5 heterocycles. The quantitative estimate of drug-likeness (QED) is 0.312. The van der Waals surface area contributed by atoms with Crippen LogP contribution in [0.25, 0.3) is 22.3 Å². The summed E-state index contributed by atoms with van der Waals surface area (Å²) in [6.45, 7) is 6.28. The number of carbonyl (C=O) groups is 2. The standard InChI is InChI=1S/C28H30N4O7/c1-4-28(36)18-6-20-24-16(10-32(20)25(34)17(18)11-37-26(28)35)15(8-27(2,3)12-30-23(33)9-29)14-5-21-22(39-13-38-21)7-19(14)31-24/h5-7,36H,4,8-13,29H2,1-3H3,(H,30,33)/t28-/m0/s1. The number of hydrogen-bond acceptors (Lipinski definition) is 9. The van der Waals surface area contributed by atoms with E-state index in [4.69, 9.17) is 24.9 Å². The van der Waals surface area contributed by atoms with Crippen LogP contribution in [0.4, 0.5) is 0 Å². The van der Waals surface area contributed by atoms with Crippen molar-refractivity contribution in [2.45, 2.75) is 52.4 Å². The molecule has 0 saturated heterocycles. The van der Waals surface area contributed by atoms with Gasteiger partial charge in [0.15, 0.2) is 17.1 Å². The Morgan fingerprint density at radius 2 is 1.92 bits per heavy atom. The number of carbonyl (C=O) groups excluding carboxylic acids is 2. The predicted octanol–water partition coefficient (Wildman–Crippen LogP) is 1.45. The number of aliphatic hydroxyl groups is 1. The van der Waals surface area contributed by atoms with Crippen LogP contribution in [0.5, 0.6) is 11.5 Å². The number of nitrogens with two attached hydrogens (primary N) is 1. The minimum absolute atomic E-state index is 0.0666. The van der Waals surface area contributed by atoms with Gasteiger partial charge in [0, 0.05) is 29.1 Å². The van der Waals surface area contributed by atoms with Gasteiger partial charge in [-0.25, -0.2) is 9.78 Å². The Hall–Kier alpha value is -3.96. The highest BCUT2D eigenvalue weighted by molar-refractivity contribution is 5.91. The zero-order chi connectivity index (χ0) is 27.7. The zero-order valence-corrected chi connectivity index (χ0v) is 22.1. The fourth-order valence-electron chi connectivity index (χ4n) is 5.70. The normalized spacial score (nSPS) is 18.9. The van der Waals surface area contributed by atoms with E-state index in [9.17, 15) is 19.5 Å². The van der Waals surface area contributed by atoms with Crippen molar-refractivity contribution in [2.24, 2.45) is 11.1 Å². The van der Waals surface area contributed by atoms with E-state index in [1.165, 1.54) is 0 Å². The summed E-state index contributed by atoms with van der Waals surface area (Å²) in [5, 5.41) is 14.9. The molecule has 6 rings (SSSR count). The molecule has 3 aliphatic heterocycles. The molecule has 0 saturated carbocycles. The largest absolute Gasteiger partial charge is 0.458 e. The van der Waals surface area contributed by atoms with E-state index in [0.717, 1.165) is 16.5 Å². The SMILES string of the molecule is CC[C@@]1(O)C(=O)OCc2c1cc1n(c2=O)Cc2c-1nc1cc3c(cc1c2CC(C)(C)CNC(=O)CN)OCO3. The topological polar surface area (TPSA) is 155 Å². The Kier molecular flexibility index (Phi) is 5.70. The van der Waals surface area contributed by atoms with Gasteiger partial charge in [0.2, 0.25) is 12.7 Å². The van der Waals surface area contributed by atoms with Crippen LogP contribution >= 0.6 is 0 Å². The number of ether oxygens (including phenoxy) is 3. The second-order valence-corrected chi connectivity index (χ2v) is 11.1. The average molecular weight is 535 g/mol. The Morgan fingerprint density at radius 3 is 2.64 bits per heavy atom. The summed E-state index contributed by atoms with van der Waals surface area (Å²) in [5.41, 5.74) is 7.07. The number of aromatic nitrogens is 2. The first kappa shape index (κ1) is 25.3. The first-order valence-corrected chi connectivity index (χ1v) is 13.0. The van der Waals surface area contributed by atoms with E-state index in [1.54, 1.807) is 17.6 Å². The van der Waals surface area contributed by atoms with Crippen LogP contribution in [0.3, 0.4) is 0 Å². The van der Waals surface area contributed by atoms with Gasteiger partial charge in [0.05, 0.1) is 35.6 Å².